The summed E-state index contributed by atoms with van der Waals surface area (Å²) in [6, 6.07) is 65.2. The number of rotatable bonds is 16. The molecule has 5 heterocycles. The first-order valence-corrected chi connectivity index (χ1v) is 49.0. The van der Waals surface area contributed by atoms with Crippen molar-refractivity contribution in [2.24, 2.45) is 0 Å². The molecule has 0 bridgehead atoms. The lowest BCUT2D eigenvalue weighted by molar-refractivity contribution is 0.383. The van der Waals surface area contributed by atoms with Gasteiger partial charge in [-0.25, -0.2) is 57.7 Å². The molecule has 143 heavy (non-hydrogen) atoms. The maximum atomic E-state index is 14.4. The van der Waals surface area contributed by atoms with Crippen molar-refractivity contribution in [3.8, 4) is 61.5 Å². The minimum Gasteiger partial charge on any atom is -0.494 e. The number of aromatic nitrogens is 7. The molecular formula is C122H138BrF12N7O. The topological polar surface area (TPSA) is 99.5 Å². The van der Waals surface area contributed by atoms with E-state index in [0.717, 1.165) is 90.3 Å². The van der Waals surface area contributed by atoms with E-state index in [0.29, 0.717) is 85.6 Å². The number of benzene rings is 10. The Bertz CT molecular complexity index is 6380. The average Bonchev–Trinajstić information content (AvgIpc) is 0.774. The highest BCUT2D eigenvalue weighted by molar-refractivity contribution is 9.10. The van der Waals surface area contributed by atoms with Crippen molar-refractivity contribution in [3.05, 3.63) is 425 Å². The van der Waals surface area contributed by atoms with Crippen LogP contribution in [0.25, 0.3) is 55.8 Å². The van der Waals surface area contributed by atoms with Crippen LogP contribution in [-0.4, -0.2) is 42.2 Å². The summed E-state index contributed by atoms with van der Waals surface area (Å²) in [7, 11) is 1.47. The molecule has 15 rings (SSSR count). The van der Waals surface area contributed by atoms with Crippen LogP contribution >= 0.6 is 15.9 Å². The normalized spacial score (nSPS) is 10.8. The van der Waals surface area contributed by atoms with Crippen LogP contribution in [0.2, 0.25) is 0 Å². The van der Waals surface area contributed by atoms with Gasteiger partial charge in [-0.15, -0.1) is 0 Å². The zero-order valence-corrected chi connectivity index (χ0v) is 89.5. The van der Waals surface area contributed by atoms with Crippen molar-refractivity contribution in [1.29, 1.82) is 0 Å². The van der Waals surface area contributed by atoms with Gasteiger partial charge < -0.3 is 4.74 Å². The molecule has 0 radical (unpaired) electrons. The van der Waals surface area contributed by atoms with E-state index >= 15 is 0 Å². The number of methoxy groups -OCH3 is 1. The predicted octanol–water partition coefficient (Wildman–Crippen LogP) is 37.1. The van der Waals surface area contributed by atoms with Gasteiger partial charge in [0.15, 0.2) is 11.6 Å². The smallest absolute Gasteiger partial charge is 0.168 e. The summed E-state index contributed by atoms with van der Waals surface area (Å²) >= 11 is 3.34. The first-order valence-electron chi connectivity index (χ1n) is 48.2. The Morgan fingerprint density at radius 2 is 0.622 bits per heavy atom. The minimum atomic E-state index is -0.971. The zero-order chi connectivity index (χ0) is 107. The Morgan fingerprint density at radius 3 is 1.02 bits per heavy atom. The maximum Gasteiger partial charge on any atom is 0.168 e. The molecule has 0 amide bonds. The Kier molecular flexibility index (Phi) is 47.8. The Morgan fingerprint density at radius 1 is 0.259 bits per heavy atom. The standard InChI is InChI=1S/C16H14F4.C16H15F3.C16H16F2.C16H17F.C15H16FN.C10H13FO.2C9H13N.C8H11BrN2.C7H10N2/c1-8(2)11-4-5-12(18)15(16(11)20)14-9(3)6-10(17)7-13(14)19;1-9(2)12-5-4-6-13(16(12)19)15-10(3)7-11(17)8-14(15)18;1-10(2)12-7-5-8-13(16(12)18)15-11(3)6-4-9-14(15)17;1-11(2)13-9-6-10-15(16(13)17)14-8-5-4-7-12(14)3;1-10(2)12-7-4-8-13(14(12)16)15-11(3)6-5-9-17-15;1-7(2)8-5-4-6-9(12-3)10(8)11;2*1-7(2)9-6-4-5-8(3)10-9;1-5(2)7-4-10-6(3)8(9)11-7;1-6(2)7-4-3-5-8-9-7/h4-8H,1-3H3;4-9H,1-3H3;4-10H,1-3H3;4-11H,1-3H3;4-10H,1-3H3;4-7H,1-3H3;2*4-7H,1-3H3;4-5H,1-3H3;3-6H,1-2H3. The van der Waals surface area contributed by atoms with Crippen LogP contribution in [-0.2, 0) is 0 Å². The van der Waals surface area contributed by atoms with Gasteiger partial charge in [0.25, 0.3) is 0 Å². The predicted molar refractivity (Wildman–Crippen MR) is 569 cm³/mol. The van der Waals surface area contributed by atoms with Crippen LogP contribution in [0.1, 0.15) is 299 Å². The summed E-state index contributed by atoms with van der Waals surface area (Å²) in [6.07, 6.45) is 5.21. The number of pyridine rings is 3. The van der Waals surface area contributed by atoms with Crippen LogP contribution < -0.4 is 4.74 Å². The van der Waals surface area contributed by atoms with Crippen LogP contribution in [0, 0.1) is 125 Å². The van der Waals surface area contributed by atoms with E-state index in [2.05, 4.69) is 131 Å². The first-order chi connectivity index (χ1) is 67.4. The lowest BCUT2D eigenvalue weighted by Crippen LogP contribution is -2.02. The molecule has 0 aliphatic rings. The Hall–Kier alpha value is -12.8. The molecule has 15 aromatic rings. The van der Waals surface area contributed by atoms with E-state index in [1.807, 2.05) is 201 Å². The molecule has 0 saturated heterocycles. The third-order valence-corrected chi connectivity index (χ3v) is 23.8. The van der Waals surface area contributed by atoms with Gasteiger partial charge in [0.1, 0.15) is 68.6 Å². The van der Waals surface area contributed by atoms with Gasteiger partial charge >= 0.3 is 0 Å². The van der Waals surface area contributed by atoms with Gasteiger partial charge in [0.05, 0.1) is 35.4 Å². The molecule has 0 N–H and O–H groups in total. The number of hydrogen-bond acceptors (Lipinski definition) is 8. The lowest BCUT2D eigenvalue weighted by Gasteiger charge is -2.14. The number of nitrogens with zero attached hydrogens (tertiary/aromatic N) is 7. The fraction of sp³-hybridized carbons (Fsp3) is 0.320. The van der Waals surface area contributed by atoms with E-state index < -0.39 is 46.3 Å². The van der Waals surface area contributed by atoms with E-state index in [-0.39, 0.29) is 86.8 Å². The second-order valence-corrected chi connectivity index (χ2v) is 38.6. The van der Waals surface area contributed by atoms with Gasteiger partial charge in [-0.1, -0.05) is 278 Å². The SMILES string of the molecule is CC(C)c1cccnn1.COc1cccc(C(C)C)c1F.Cc1cc(F)cc(F)c1-c1c(F)ccc(C(C)C)c1F.Cc1cc(F)cc(F)c1-c1cccc(C(C)C)c1F.Cc1cccc(C(C)C)n1.Cc1cccc(C(C)C)n1.Cc1cccc(F)c1-c1cccc(C(C)C)c1F.Cc1ccccc1-c1cccc(C(C)C)c1F.Cc1cccnc1-c1cccc(C(C)C)c1F.Cc1ncc(C(C)C)nc1Br. The Labute approximate surface area is 849 Å². The van der Waals surface area contributed by atoms with E-state index in [4.69, 9.17) is 4.74 Å². The highest BCUT2D eigenvalue weighted by Gasteiger charge is 2.25. The van der Waals surface area contributed by atoms with Crippen molar-refractivity contribution >= 4 is 15.9 Å². The van der Waals surface area contributed by atoms with Crippen molar-refractivity contribution < 1.29 is 57.4 Å². The summed E-state index contributed by atoms with van der Waals surface area (Å²) in [4.78, 5) is 21.5. The number of halogens is 13. The molecule has 758 valence electrons. The zero-order valence-electron chi connectivity index (χ0n) is 87.9. The molecule has 0 aliphatic carbocycles. The molecule has 0 spiro atoms. The third kappa shape index (κ3) is 34.8. The van der Waals surface area contributed by atoms with Crippen LogP contribution in [0.5, 0.6) is 5.75 Å². The van der Waals surface area contributed by atoms with E-state index in [1.54, 1.807) is 107 Å². The number of hydrogen-bond donors (Lipinski definition) is 0. The van der Waals surface area contributed by atoms with Crippen molar-refractivity contribution in [2.45, 2.75) is 253 Å². The third-order valence-electron chi connectivity index (χ3n) is 23.1. The molecule has 0 fully saturated rings. The summed E-state index contributed by atoms with van der Waals surface area (Å²) < 4.78 is 173. The van der Waals surface area contributed by atoms with E-state index in [9.17, 15) is 52.7 Å². The maximum absolute atomic E-state index is 14.4. The van der Waals surface area contributed by atoms with Gasteiger partial charge in [0, 0.05) is 92.4 Å². The quantitative estimate of drug-likeness (QED) is 0.0882. The largest absolute Gasteiger partial charge is 0.494 e. The molecule has 0 atom stereocenters. The molecule has 8 nitrogen and oxygen atoms in total. The first kappa shape index (κ1) is 119. The summed E-state index contributed by atoms with van der Waals surface area (Å²) in [6.45, 7) is 54.8. The number of ether oxygens (including phenoxy) is 1. The molecule has 0 aliphatic heterocycles. The summed E-state index contributed by atoms with van der Waals surface area (Å²) in [5.74, 6) is -3.58. The highest BCUT2D eigenvalue weighted by atomic mass is 79.9. The highest BCUT2D eigenvalue weighted by Crippen LogP contribution is 2.40. The van der Waals surface area contributed by atoms with Crippen molar-refractivity contribution in [3.63, 3.8) is 0 Å². The molecular weight excluding hydrogens is 1890 g/mol. The van der Waals surface area contributed by atoms with Gasteiger partial charge in [-0.05, 0) is 276 Å². The van der Waals surface area contributed by atoms with Crippen LogP contribution in [0.4, 0.5) is 52.7 Å². The molecule has 10 aromatic carbocycles. The second kappa shape index (κ2) is 57.5. The lowest BCUT2D eigenvalue weighted by atomic mass is 9.93. The monoisotopic (exact) mass is 2020 g/mol. The summed E-state index contributed by atoms with van der Waals surface area (Å²) in [5, 5.41) is 7.68. The molecule has 0 saturated carbocycles. The van der Waals surface area contributed by atoms with E-state index in [1.165, 1.54) is 49.7 Å². The molecule has 5 aromatic heterocycles. The fourth-order valence-electron chi connectivity index (χ4n) is 14.9. The molecule has 21 heteroatoms. The van der Waals surface area contributed by atoms with Gasteiger partial charge in [-0.2, -0.15) is 10.2 Å². The van der Waals surface area contributed by atoms with Crippen molar-refractivity contribution in [1.82, 2.24) is 35.1 Å². The minimum absolute atomic E-state index is 0.00349. The van der Waals surface area contributed by atoms with Gasteiger partial charge in [0.2, 0.25) is 0 Å². The fourth-order valence-corrected chi connectivity index (χ4v) is 15.2. The molecule has 0 unspecified atom stereocenters. The second-order valence-electron chi connectivity index (χ2n) is 37.9. The van der Waals surface area contributed by atoms with Crippen molar-refractivity contribution in [2.75, 3.05) is 7.11 Å². The van der Waals surface area contributed by atoms with Crippen LogP contribution in [0.15, 0.2) is 254 Å². The Balaban J connectivity index is 0.000000246. The van der Waals surface area contributed by atoms with Crippen LogP contribution in [0.3, 0.4) is 0 Å². The summed E-state index contributed by atoms with van der Waals surface area (Å²) in [5.41, 5.74) is 18.0. The average molecular weight is 2030 g/mol. The number of aryl methyl sites for hydroxylation is 8. The van der Waals surface area contributed by atoms with Gasteiger partial charge in [-0.3, -0.25) is 19.9 Å².